The zero-order valence-electron chi connectivity index (χ0n) is 30.7. The Labute approximate surface area is 297 Å². The maximum Gasteiger partial charge on any atom is 0.242 e. The number of nitrogens with one attached hydrogen (secondary N) is 2. The molecule has 0 spiro atoms. The van der Waals surface area contributed by atoms with Gasteiger partial charge in [-0.25, -0.2) is 0 Å². The molecule has 0 aliphatic rings. The van der Waals surface area contributed by atoms with Gasteiger partial charge in [-0.15, -0.1) is 0 Å². The molecule has 1 rings (SSSR count). The van der Waals surface area contributed by atoms with Crippen LogP contribution in [0.2, 0.25) is 0 Å². The fourth-order valence-corrected chi connectivity index (χ4v) is 6.18. The van der Waals surface area contributed by atoms with E-state index in [9.17, 15) is 19.2 Å². The highest BCUT2D eigenvalue weighted by Crippen LogP contribution is 2.15. The minimum absolute atomic E-state index is 0.123. The van der Waals surface area contributed by atoms with Crippen molar-refractivity contribution in [3.05, 3.63) is 35.9 Å². The number of carbonyl (C=O) groups is 4. The van der Waals surface area contributed by atoms with E-state index in [1.54, 1.807) is 0 Å². The van der Waals surface area contributed by atoms with E-state index in [4.69, 9.17) is 17.2 Å². The number of nitrogens with two attached hydrogens (primary N) is 3. The van der Waals surface area contributed by atoms with Gasteiger partial charge in [0.05, 0.1) is 0 Å². The monoisotopic (exact) mass is 687 g/mol. The Kier molecular flexibility index (Phi) is 26.9. The van der Waals surface area contributed by atoms with E-state index in [0.29, 0.717) is 51.6 Å². The lowest BCUT2D eigenvalue weighted by Gasteiger charge is -2.30. The topological polar surface area (TPSA) is 174 Å². The van der Waals surface area contributed by atoms with Crippen molar-refractivity contribution in [3.8, 4) is 0 Å². The molecule has 0 saturated carbocycles. The van der Waals surface area contributed by atoms with E-state index in [2.05, 4.69) is 17.6 Å². The van der Waals surface area contributed by atoms with Crippen LogP contribution in [0.25, 0.3) is 0 Å². The van der Waals surface area contributed by atoms with Crippen LogP contribution < -0.4 is 27.8 Å². The minimum Gasteiger partial charge on any atom is -0.368 e. The van der Waals surface area contributed by atoms with Gasteiger partial charge >= 0.3 is 0 Å². The van der Waals surface area contributed by atoms with Gasteiger partial charge in [0.2, 0.25) is 23.6 Å². The first-order valence-electron chi connectivity index (χ1n) is 19.4. The number of carbonyl (C=O) groups excluding carboxylic acids is 4. The van der Waals surface area contributed by atoms with Gasteiger partial charge in [0, 0.05) is 25.9 Å². The number of nitrogens with zero attached hydrogens (tertiary/aromatic N) is 1. The van der Waals surface area contributed by atoms with E-state index >= 15 is 0 Å². The van der Waals surface area contributed by atoms with Gasteiger partial charge < -0.3 is 32.7 Å². The zero-order valence-corrected chi connectivity index (χ0v) is 30.7. The van der Waals surface area contributed by atoms with Crippen LogP contribution in [0.3, 0.4) is 0 Å². The van der Waals surface area contributed by atoms with Gasteiger partial charge in [0.1, 0.15) is 12.1 Å². The van der Waals surface area contributed by atoms with Gasteiger partial charge in [-0.2, -0.15) is 0 Å². The maximum absolute atomic E-state index is 13.4. The van der Waals surface area contributed by atoms with Gasteiger partial charge in [-0.1, -0.05) is 114 Å². The van der Waals surface area contributed by atoms with Crippen LogP contribution in [0.4, 0.5) is 0 Å². The second kappa shape index (κ2) is 29.9. The number of amides is 4. The molecular formula is C39H70N6O4. The Hall–Kier alpha value is -2.98. The lowest BCUT2D eigenvalue weighted by atomic mass is 10.0. The molecule has 0 aromatic heterocycles. The third kappa shape index (κ3) is 22.4. The average molecular weight is 687 g/mol. The van der Waals surface area contributed by atoms with Crippen LogP contribution in [0.1, 0.15) is 147 Å². The third-order valence-electron chi connectivity index (χ3n) is 9.19. The number of hydrogen-bond acceptors (Lipinski definition) is 6. The molecule has 1 aromatic carbocycles. The van der Waals surface area contributed by atoms with Crippen LogP contribution >= 0.6 is 0 Å². The van der Waals surface area contributed by atoms with Crippen molar-refractivity contribution in [2.75, 3.05) is 26.2 Å². The van der Waals surface area contributed by atoms with Crippen molar-refractivity contribution < 1.29 is 19.2 Å². The van der Waals surface area contributed by atoms with Crippen LogP contribution in [-0.4, -0.2) is 66.8 Å². The maximum atomic E-state index is 13.4. The Morgan fingerprint density at radius 3 is 1.80 bits per heavy atom. The quantitative estimate of drug-likeness (QED) is 0.0613. The van der Waals surface area contributed by atoms with Crippen LogP contribution in [-0.2, 0) is 25.6 Å². The molecule has 0 aliphatic heterocycles. The molecule has 0 radical (unpaired) electrons. The summed E-state index contributed by atoms with van der Waals surface area (Å²) in [6, 6.07) is 8.23. The van der Waals surface area contributed by atoms with Crippen molar-refractivity contribution >= 4 is 23.6 Å². The second-order valence-corrected chi connectivity index (χ2v) is 13.5. The lowest BCUT2D eigenvalue weighted by Crippen LogP contribution is -2.52. The molecule has 10 nitrogen and oxygen atoms in total. The highest BCUT2D eigenvalue weighted by Gasteiger charge is 2.28. The highest BCUT2D eigenvalue weighted by molar-refractivity contribution is 5.88. The summed E-state index contributed by atoms with van der Waals surface area (Å²) in [6.07, 6.45) is 21.0. The molecule has 4 amide bonds. The average Bonchev–Trinajstić information content (AvgIpc) is 3.09. The summed E-state index contributed by atoms with van der Waals surface area (Å²) < 4.78 is 0. The molecule has 2 atom stereocenters. The van der Waals surface area contributed by atoms with Crippen molar-refractivity contribution in [1.82, 2.24) is 15.5 Å². The Bertz CT molecular complexity index is 1010. The number of aryl methyl sites for hydroxylation is 1. The first kappa shape index (κ1) is 44.0. The molecule has 0 heterocycles. The Balaban J connectivity index is 2.58. The first-order chi connectivity index (χ1) is 23.8. The van der Waals surface area contributed by atoms with Gasteiger partial charge in [0.15, 0.2) is 0 Å². The Morgan fingerprint density at radius 1 is 0.694 bits per heavy atom. The van der Waals surface area contributed by atoms with Crippen LogP contribution in [0.5, 0.6) is 0 Å². The third-order valence-corrected chi connectivity index (χ3v) is 9.19. The van der Waals surface area contributed by atoms with Crippen molar-refractivity contribution in [2.45, 2.75) is 160 Å². The summed E-state index contributed by atoms with van der Waals surface area (Å²) >= 11 is 0. The van der Waals surface area contributed by atoms with Gasteiger partial charge in [0.25, 0.3) is 0 Å². The second-order valence-electron chi connectivity index (χ2n) is 13.5. The molecule has 0 aliphatic carbocycles. The SMILES string of the molecule is CCCCCCCCCCCCCCCC(=O)N[C@@H](CCCCN)C(=O)NCCN(C(=O)CCc1ccccc1)[C@@H](CCCCN)C(N)=O. The summed E-state index contributed by atoms with van der Waals surface area (Å²) in [6.45, 7) is 3.53. The minimum atomic E-state index is -0.785. The van der Waals surface area contributed by atoms with Crippen molar-refractivity contribution in [1.29, 1.82) is 0 Å². The van der Waals surface area contributed by atoms with Crippen molar-refractivity contribution in [3.63, 3.8) is 0 Å². The normalized spacial score (nSPS) is 12.3. The predicted molar refractivity (Wildman–Crippen MR) is 201 cm³/mol. The summed E-state index contributed by atoms with van der Waals surface area (Å²) in [5.41, 5.74) is 18.1. The number of hydrogen-bond donors (Lipinski definition) is 5. The van der Waals surface area contributed by atoms with Crippen LogP contribution in [0, 0.1) is 0 Å². The largest absolute Gasteiger partial charge is 0.368 e. The predicted octanol–water partition coefficient (Wildman–Crippen LogP) is 5.64. The molecule has 8 N–H and O–H groups in total. The molecule has 280 valence electrons. The standard InChI is InChI=1S/C39H70N6O4/c1-2-3-4-5-6-7-8-9-10-11-12-13-17-26-36(46)44-34(24-18-20-29-40)39(49)43-31-32-45(35(38(42)48)25-19-21-30-41)37(47)28-27-33-22-15-14-16-23-33/h14-16,22-23,34-35H,2-13,17-21,24-32,40-41H2,1H3,(H2,42,48)(H,43,49)(H,44,46)/t34-,35-/m0/s1. The molecule has 1 aromatic rings. The van der Waals surface area contributed by atoms with E-state index < -0.39 is 18.0 Å². The van der Waals surface area contributed by atoms with E-state index in [1.807, 2.05) is 30.3 Å². The number of rotatable bonds is 32. The van der Waals surface area contributed by atoms with Crippen LogP contribution in [0.15, 0.2) is 30.3 Å². The summed E-state index contributed by atoms with van der Waals surface area (Å²) in [7, 11) is 0. The molecule has 0 saturated heterocycles. The molecule has 0 unspecified atom stereocenters. The fourth-order valence-electron chi connectivity index (χ4n) is 6.18. The van der Waals surface area contributed by atoms with E-state index in [0.717, 1.165) is 37.7 Å². The summed E-state index contributed by atoms with van der Waals surface area (Å²) in [5.74, 6) is -1.19. The molecular weight excluding hydrogens is 616 g/mol. The molecule has 10 heteroatoms. The number of unbranched alkanes of at least 4 members (excludes halogenated alkanes) is 14. The highest BCUT2D eigenvalue weighted by atomic mass is 16.2. The summed E-state index contributed by atoms with van der Waals surface area (Å²) in [4.78, 5) is 53.5. The molecule has 49 heavy (non-hydrogen) atoms. The zero-order chi connectivity index (χ0) is 36.0. The number of benzene rings is 1. The number of primary amides is 1. The summed E-state index contributed by atoms with van der Waals surface area (Å²) in [5, 5.41) is 5.84. The lowest BCUT2D eigenvalue weighted by molar-refractivity contribution is -0.139. The van der Waals surface area contributed by atoms with Crippen molar-refractivity contribution in [2.24, 2.45) is 17.2 Å². The first-order valence-corrected chi connectivity index (χ1v) is 19.4. The van der Waals surface area contributed by atoms with E-state index in [-0.39, 0.29) is 37.2 Å². The van der Waals surface area contributed by atoms with E-state index in [1.165, 1.54) is 69.1 Å². The molecule has 0 bridgehead atoms. The smallest absolute Gasteiger partial charge is 0.242 e. The molecule has 0 fully saturated rings. The fraction of sp³-hybridized carbons (Fsp3) is 0.744. The Morgan fingerprint density at radius 2 is 1.24 bits per heavy atom. The van der Waals surface area contributed by atoms with Gasteiger partial charge in [-0.05, 0) is 70.0 Å². The van der Waals surface area contributed by atoms with Gasteiger partial charge in [-0.3, -0.25) is 19.2 Å².